The van der Waals surface area contributed by atoms with Crippen molar-refractivity contribution in [1.29, 1.82) is 0 Å². The first-order valence-electron chi connectivity index (χ1n) is 5.32. The van der Waals surface area contributed by atoms with Gasteiger partial charge in [-0.2, -0.15) is 18.3 Å². The van der Waals surface area contributed by atoms with Crippen molar-refractivity contribution >= 4 is 5.69 Å². The van der Waals surface area contributed by atoms with Crippen LogP contribution >= 0.6 is 0 Å². The summed E-state index contributed by atoms with van der Waals surface area (Å²) in [5.41, 5.74) is -0.591. The Labute approximate surface area is 101 Å². The summed E-state index contributed by atoms with van der Waals surface area (Å²) in [6.45, 7) is 0.349. The Bertz CT molecular complexity index is 493. The zero-order valence-corrected chi connectivity index (χ0v) is 9.33. The first kappa shape index (κ1) is 12.4. The Morgan fingerprint density at radius 3 is 2.67 bits per heavy atom. The molecule has 0 saturated heterocycles. The minimum atomic E-state index is -4.35. The van der Waals surface area contributed by atoms with E-state index in [0.717, 1.165) is 6.07 Å². The summed E-state index contributed by atoms with van der Waals surface area (Å²) >= 11 is 0. The van der Waals surface area contributed by atoms with Crippen molar-refractivity contribution in [3.05, 3.63) is 42.0 Å². The van der Waals surface area contributed by atoms with Gasteiger partial charge in [-0.05, 0) is 12.1 Å². The van der Waals surface area contributed by atoms with E-state index >= 15 is 0 Å². The summed E-state index contributed by atoms with van der Waals surface area (Å²) in [6, 6.07) is 5.39. The molecule has 0 aliphatic carbocycles. The van der Waals surface area contributed by atoms with Crippen LogP contribution in [0.1, 0.15) is 11.4 Å². The van der Waals surface area contributed by atoms with Gasteiger partial charge in [-0.25, -0.2) is 4.98 Å². The standard InChI is InChI=1S/C11H11F3N4/c12-11(13,14)8-3-1-2-4-9(8)15-6-5-10-16-7-17-18-10/h1-4,7,15H,5-6H2,(H,16,17,18). The van der Waals surface area contributed by atoms with Crippen LogP contribution in [0.4, 0.5) is 18.9 Å². The number of para-hydroxylation sites is 1. The van der Waals surface area contributed by atoms with Crippen LogP contribution in [0.3, 0.4) is 0 Å². The molecule has 96 valence electrons. The van der Waals surface area contributed by atoms with Crippen molar-refractivity contribution in [1.82, 2.24) is 15.2 Å². The molecule has 2 aromatic rings. The number of nitrogens with one attached hydrogen (secondary N) is 2. The quantitative estimate of drug-likeness (QED) is 0.883. The van der Waals surface area contributed by atoms with Gasteiger partial charge in [0.15, 0.2) is 0 Å². The molecule has 2 N–H and O–H groups in total. The number of H-pyrrole nitrogens is 1. The third-order valence-corrected chi connectivity index (χ3v) is 2.37. The van der Waals surface area contributed by atoms with Crippen LogP contribution in [0.25, 0.3) is 0 Å². The van der Waals surface area contributed by atoms with Gasteiger partial charge in [0.05, 0.1) is 5.56 Å². The van der Waals surface area contributed by atoms with E-state index in [9.17, 15) is 13.2 Å². The number of aromatic amines is 1. The predicted molar refractivity (Wildman–Crippen MR) is 60.0 cm³/mol. The van der Waals surface area contributed by atoms with Crippen LogP contribution in [-0.2, 0) is 12.6 Å². The third kappa shape index (κ3) is 2.99. The molecule has 0 aliphatic rings. The molecule has 0 fully saturated rings. The maximum Gasteiger partial charge on any atom is 0.418 e. The molecule has 2 rings (SSSR count). The number of nitrogens with zero attached hydrogens (tertiary/aromatic N) is 2. The second-order valence-electron chi connectivity index (χ2n) is 3.65. The number of rotatable bonds is 4. The molecule has 0 saturated carbocycles. The number of halogens is 3. The topological polar surface area (TPSA) is 53.6 Å². The van der Waals surface area contributed by atoms with Gasteiger partial charge in [0.1, 0.15) is 12.2 Å². The summed E-state index contributed by atoms with van der Waals surface area (Å²) in [5.74, 6) is 0.631. The van der Waals surface area contributed by atoms with Crippen LogP contribution < -0.4 is 5.32 Å². The van der Waals surface area contributed by atoms with Crippen LogP contribution in [0.2, 0.25) is 0 Å². The number of aromatic nitrogens is 3. The van der Waals surface area contributed by atoms with E-state index < -0.39 is 11.7 Å². The molecule has 7 heteroatoms. The van der Waals surface area contributed by atoms with Crippen molar-refractivity contribution in [3.8, 4) is 0 Å². The highest BCUT2D eigenvalue weighted by molar-refractivity contribution is 5.52. The van der Waals surface area contributed by atoms with Crippen molar-refractivity contribution in [3.63, 3.8) is 0 Å². The van der Waals surface area contributed by atoms with Crippen LogP contribution in [-0.4, -0.2) is 21.7 Å². The average molecular weight is 256 g/mol. The fourth-order valence-electron chi connectivity index (χ4n) is 1.55. The highest BCUT2D eigenvalue weighted by Crippen LogP contribution is 2.34. The lowest BCUT2D eigenvalue weighted by atomic mass is 10.1. The molecule has 18 heavy (non-hydrogen) atoms. The molecule has 0 unspecified atom stereocenters. The molecule has 4 nitrogen and oxygen atoms in total. The van der Waals surface area contributed by atoms with E-state index in [1.807, 2.05) is 0 Å². The monoisotopic (exact) mass is 256 g/mol. The van der Waals surface area contributed by atoms with Crippen LogP contribution in [0, 0.1) is 0 Å². The largest absolute Gasteiger partial charge is 0.418 e. The van der Waals surface area contributed by atoms with E-state index in [4.69, 9.17) is 0 Å². The van der Waals surface area contributed by atoms with E-state index in [1.165, 1.54) is 18.5 Å². The lowest BCUT2D eigenvalue weighted by Gasteiger charge is -2.13. The zero-order chi connectivity index (χ0) is 13.0. The molecule has 1 aromatic heterocycles. The average Bonchev–Trinajstić information content (AvgIpc) is 2.81. The van der Waals surface area contributed by atoms with Gasteiger partial charge < -0.3 is 5.32 Å². The summed E-state index contributed by atoms with van der Waals surface area (Å²) in [7, 11) is 0. The van der Waals surface area contributed by atoms with E-state index in [2.05, 4.69) is 20.5 Å². The number of benzene rings is 1. The first-order chi connectivity index (χ1) is 8.57. The Morgan fingerprint density at radius 2 is 2.00 bits per heavy atom. The van der Waals surface area contributed by atoms with Crippen molar-refractivity contribution < 1.29 is 13.2 Å². The SMILES string of the molecule is FC(F)(F)c1ccccc1NCCc1ncn[nH]1. The number of anilines is 1. The molecule has 0 spiro atoms. The summed E-state index contributed by atoms with van der Waals surface area (Å²) in [6.07, 6.45) is -2.51. The molecular formula is C11H11F3N4. The fourth-order valence-corrected chi connectivity index (χ4v) is 1.55. The molecule has 0 bridgehead atoms. The Hall–Kier alpha value is -2.05. The normalized spacial score (nSPS) is 11.5. The molecule has 0 atom stereocenters. The smallest absolute Gasteiger partial charge is 0.384 e. The number of hydrogen-bond donors (Lipinski definition) is 2. The molecule has 1 heterocycles. The van der Waals surface area contributed by atoms with Gasteiger partial charge >= 0.3 is 6.18 Å². The van der Waals surface area contributed by atoms with Crippen LogP contribution in [0.5, 0.6) is 0 Å². The van der Waals surface area contributed by atoms with Crippen molar-refractivity contribution in [2.45, 2.75) is 12.6 Å². The van der Waals surface area contributed by atoms with E-state index in [0.29, 0.717) is 18.8 Å². The lowest BCUT2D eigenvalue weighted by Crippen LogP contribution is -2.12. The Kier molecular flexibility index (Phi) is 3.50. The van der Waals surface area contributed by atoms with E-state index in [1.54, 1.807) is 6.07 Å². The summed E-state index contributed by atoms with van der Waals surface area (Å²) in [5, 5.41) is 9.06. The summed E-state index contributed by atoms with van der Waals surface area (Å²) in [4.78, 5) is 3.89. The second-order valence-corrected chi connectivity index (χ2v) is 3.65. The van der Waals surface area contributed by atoms with Crippen molar-refractivity contribution in [2.24, 2.45) is 0 Å². The summed E-state index contributed by atoms with van der Waals surface area (Å²) < 4.78 is 38.0. The number of hydrogen-bond acceptors (Lipinski definition) is 3. The fraction of sp³-hybridized carbons (Fsp3) is 0.273. The molecule has 1 aromatic carbocycles. The van der Waals surface area contributed by atoms with Gasteiger partial charge in [-0.1, -0.05) is 12.1 Å². The Balaban J connectivity index is 2.01. The van der Waals surface area contributed by atoms with Gasteiger partial charge in [-0.15, -0.1) is 0 Å². The lowest BCUT2D eigenvalue weighted by molar-refractivity contribution is -0.136. The van der Waals surface area contributed by atoms with Gasteiger partial charge in [0.2, 0.25) is 0 Å². The van der Waals surface area contributed by atoms with Gasteiger partial charge in [0, 0.05) is 18.7 Å². The first-order valence-corrected chi connectivity index (χ1v) is 5.32. The van der Waals surface area contributed by atoms with E-state index in [-0.39, 0.29) is 5.69 Å². The molecule has 0 radical (unpaired) electrons. The third-order valence-electron chi connectivity index (χ3n) is 2.37. The molecule has 0 amide bonds. The van der Waals surface area contributed by atoms with Gasteiger partial charge in [-0.3, -0.25) is 5.10 Å². The highest BCUT2D eigenvalue weighted by atomic mass is 19.4. The van der Waals surface area contributed by atoms with Gasteiger partial charge in [0.25, 0.3) is 0 Å². The highest BCUT2D eigenvalue weighted by Gasteiger charge is 2.32. The maximum absolute atomic E-state index is 12.7. The van der Waals surface area contributed by atoms with Crippen LogP contribution in [0.15, 0.2) is 30.6 Å². The number of alkyl halides is 3. The minimum absolute atomic E-state index is 0.0736. The molecular weight excluding hydrogens is 245 g/mol. The Morgan fingerprint density at radius 1 is 1.22 bits per heavy atom. The maximum atomic E-state index is 12.7. The molecule has 0 aliphatic heterocycles. The predicted octanol–water partition coefficient (Wildman–Crippen LogP) is 2.48. The zero-order valence-electron chi connectivity index (χ0n) is 9.33. The second kappa shape index (κ2) is 5.07. The van der Waals surface area contributed by atoms with Crippen molar-refractivity contribution in [2.75, 3.05) is 11.9 Å². The minimum Gasteiger partial charge on any atom is -0.384 e.